The predicted molar refractivity (Wildman–Crippen MR) is 191 cm³/mol. The van der Waals surface area contributed by atoms with Crippen LogP contribution < -0.4 is 0 Å². The lowest BCUT2D eigenvalue weighted by Gasteiger charge is -2.33. The molecule has 0 N–H and O–H groups in total. The standard InChI is InChI=1S/C40H80N2/c1-4-7-10-13-16-19-20-21-22-23-25-28-31-34-37-42-39-38-41(36-33-30-27-24-17-14-11-8-5-2)40(42)35-32-29-26-18-15-12-9-6-3/h38-40H,4-37H2,1-3H3. The third-order valence-electron chi connectivity index (χ3n) is 9.82. The Kier molecular flexibility index (Phi) is 29.8. The Labute approximate surface area is 267 Å². The number of hydrogen-bond acceptors (Lipinski definition) is 2. The lowest BCUT2D eigenvalue weighted by Crippen LogP contribution is -2.39. The molecule has 0 aromatic rings. The fraction of sp³-hybridized carbons (Fsp3) is 0.950. The Hall–Kier alpha value is -0.660. The van der Waals surface area contributed by atoms with E-state index in [9.17, 15) is 0 Å². The summed E-state index contributed by atoms with van der Waals surface area (Å²) < 4.78 is 0. The minimum absolute atomic E-state index is 0.640. The van der Waals surface area contributed by atoms with Crippen molar-refractivity contribution in [1.29, 1.82) is 0 Å². The van der Waals surface area contributed by atoms with Crippen molar-refractivity contribution >= 4 is 0 Å². The maximum atomic E-state index is 2.72. The molecule has 0 aromatic heterocycles. The van der Waals surface area contributed by atoms with Gasteiger partial charge in [-0.2, -0.15) is 0 Å². The van der Waals surface area contributed by atoms with Crippen molar-refractivity contribution in [3.05, 3.63) is 12.4 Å². The highest BCUT2D eigenvalue weighted by Gasteiger charge is 2.24. The van der Waals surface area contributed by atoms with Crippen LogP contribution in [0.1, 0.15) is 226 Å². The molecular formula is C40H80N2. The summed E-state index contributed by atoms with van der Waals surface area (Å²) in [4.78, 5) is 5.43. The van der Waals surface area contributed by atoms with Crippen molar-refractivity contribution in [1.82, 2.24) is 9.80 Å². The second-order valence-corrected chi connectivity index (χ2v) is 13.9. The van der Waals surface area contributed by atoms with Crippen molar-refractivity contribution in [2.75, 3.05) is 13.1 Å². The molecule has 0 fully saturated rings. The third-order valence-corrected chi connectivity index (χ3v) is 9.82. The fourth-order valence-corrected chi connectivity index (χ4v) is 6.89. The molecular weight excluding hydrogens is 508 g/mol. The van der Waals surface area contributed by atoms with Gasteiger partial charge in [-0.3, -0.25) is 0 Å². The van der Waals surface area contributed by atoms with Crippen LogP contribution in [0.5, 0.6) is 0 Å². The average molecular weight is 589 g/mol. The van der Waals surface area contributed by atoms with E-state index in [1.165, 1.54) is 219 Å². The van der Waals surface area contributed by atoms with Gasteiger partial charge in [-0.1, -0.05) is 201 Å². The molecule has 0 saturated heterocycles. The monoisotopic (exact) mass is 589 g/mol. The van der Waals surface area contributed by atoms with Crippen molar-refractivity contribution in [3.63, 3.8) is 0 Å². The fourth-order valence-electron chi connectivity index (χ4n) is 6.89. The van der Waals surface area contributed by atoms with Gasteiger partial charge in [0.15, 0.2) is 0 Å². The van der Waals surface area contributed by atoms with Crippen LogP contribution in [0.3, 0.4) is 0 Å². The molecule has 1 heterocycles. The van der Waals surface area contributed by atoms with Gasteiger partial charge in [-0.15, -0.1) is 0 Å². The zero-order valence-corrected chi connectivity index (χ0v) is 29.7. The molecule has 2 heteroatoms. The van der Waals surface area contributed by atoms with E-state index >= 15 is 0 Å². The first-order valence-electron chi connectivity index (χ1n) is 20.0. The van der Waals surface area contributed by atoms with E-state index in [4.69, 9.17) is 0 Å². The summed E-state index contributed by atoms with van der Waals surface area (Å²) in [6.45, 7) is 9.48. The minimum atomic E-state index is 0.640. The summed E-state index contributed by atoms with van der Waals surface area (Å²) in [6, 6.07) is 0. The van der Waals surface area contributed by atoms with Gasteiger partial charge in [0.25, 0.3) is 0 Å². The maximum Gasteiger partial charge on any atom is 0.101 e. The van der Waals surface area contributed by atoms with Gasteiger partial charge >= 0.3 is 0 Å². The van der Waals surface area contributed by atoms with Crippen LogP contribution in [0, 0.1) is 0 Å². The molecule has 42 heavy (non-hydrogen) atoms. The van der Waals surface area contributed by atoms with E-state index in [1.807, 2.05) is 0 Å². The van der Waals surface area contributed by atoms with Crippen LogP contribution in [0.2, 0.25) is 0 Å². The Balaban J connectivity index is 2.19. The maximum absolute atomic E-state index is 2.72. The van der Waals surface area contributed by atoms with E-state index < -0.39 is 0 Å². The Bertz CT molecular complexity index is 544. The second-order valence-electron chi connectivity index (χ2n) is 13.9. The first-order chi connectivity index (χ1) is 20.8. The summed E-state index contributed by atoms with van der Waals surface area (Å²) in [5, 5.41) is 0. The highest BCUT2D eigenvalue weighted by Crippen LogP contribution is 2.24. The van der Waals surface area contributed by atoms with Crippen LogP contribution >= 0.6 is 0 Å². The van der Waals surface area contributed by atoms with E-state index in [1.54, 1.807) is 0 Å². The van der Waals surface area contributed by atoms with Gasteiger partial charge < -0.3 is 9.80 Å². The van der Waals surface area contributed by atoms with Crippen molar-refractivity contribution in [3.8, 4) is 0 Å². The number of hydrogen-bond donors (Lipinski definition) is 0. The van der Waals surface area contributed by atoms with E-state index in [-0.39, 0.29) is 0 Å². The summed E-state index contributed by atoms with van der Waals surface area (Å²) in [6.07, 6.45) is 51.4. The Morgan fingerprint density at radius 1 is 0.310 bits per heavy atom. The number of unbranched alkanes of at least 4 members (excludes halogenated alkanes) is 28. The number of nitrogens with zero attached hydrogens (tertiary/aromatic N) is 2. The minimum Gasteiger partial charge on any atom is -0.356 e. The molecule has 0 bridgehead atoms. The highest BCUT2D eigenvalue weighted by molar-refractivity contribution is 4.97. The van der Waals surface area contributed by atoms with Crippen LogP contribution in [-0.4, -0.2) is 29.1 Å². The van der Waals surface area contributed by atoms with E-state index in [0.717, 1.165) is 0 Å². The molecule has 0 amide bonds. The summed E-state index contributed by atoms with van der Waals surface area (Å²) >= 11 is 0. The van der Waals surface area contributed by atoms with Gasteiger partial charge in [-0.05, 0) is 25.7 Å². The molecule has 0 aromatic carbocycles. The van der Waals surface area contributed by atoms with Crippen molar-refractivity contribution in [2.24, 2.45) is 0 Å². The first-order valence-corrected chi connectivity index (χ1v) is 20.0. The largest absolute Gasteiger partial charge is 0.356 e. The second kappa shape index (κ2) is 31.8. The summed E-state index contributed by atoms with van der Waals surface area (Å²) in [5.74, 6) is 0. The molecule has 1 unspecified atom stereocenters. The SMILES string of the molecule is CCCCCCCCCCCCCCCCN1C=CN(CCCCCCCCCCC)C1CCCCCCCCCC. The quantitative estimate of drug-likeness (QED) is 0.0690. The Morgan fingerprint density at radius 3 is 0.833 bits per heavy atom. The first kappa shape index (κ1) is 39.4. The number of rotatable bonds is 34. The molecule has 250 valence electrons. The van der Waals surface area contributed by atoms with Crippen molar-refractivity contribution < 1.29 is 0 Å². The van der Waals surface area contributed by atoms with Crippen molar-refractivity contribution in [2.45, 2.75) is 232 Å². The lowest BCUT2D eigenvalue weighted by molar-refractivity contribution is 0.135. The van der Waals surface area contributed by atoms with Crippen LogP contribution in [0.15, 0.2) is 12.4 Å². The normalized spacial score (nSPS) is 15.0. The van der Waals surface area contributed by atoms with Crippen LogP contribution in [0.25, 0.3) is 0 Å². The summed E-state index contributed by atoms with van der Waals surface area (Å²) in [7, 11) is 0. The summed E-state index contributed by atoms with van der Waals surface area (Å²) in [5.41, 5.74) is 0. The van der Waals surface area contributed by atoms with Gasteiger partial charge in [-0.25, -0.2) is 0 Å². The lowest BCUT2D eigenvalue weighted by atomic mass is 10.0. The molecule has 1 rings (SSSR count). The predicted octanol–water partition coefficient (Wildman–Crippen LogP) is 13.9. The van der Waals surface area contributed by atoms with E-state index in [0.29, 0.717) is 6.17 Å². The topological polar surface area (TPSA) is 6.48 Å². The van der Waals surface area contributed by atoms with E-state index in [2.05, 4.69) is 43.0 Å². The molecule has 0 spiro atoms. The highest BCUT2D eigenvalue weighted by atomic mass is 15.4. The zero-order valence-electron chi connectivity index (χ0n) is 29.7. The van der Waals surface area contributed by atoms with Crippen LogP contribution in [-0.2, 0) is 0 Å². The van der Waals surface area contributed by atoms with Gasteiger partial charge in [0.05, 0.1) is 0 Å². The third kappa shape index (κ3) is 23.8. The molecule has 2 nitrogen and oxygen atoms in total. The molecule has 1 aliphatic heterocycles. The van der Waals surface area contributed by atoms with Gasteiger partial charge in [0.1, 0.15) is 6.17 Å². The molecule has 0 aliphatic carbocycles. The molecule has 1 atom stereocenters. The molecule has 1 aliphatic rings. The van der Waals surface area contributed by atoms with Crippen LogP contribution in [0.4, 0.5) is 0 Å². The smallest absolute Gasteiger partial charge is 0.101 e. The Morgan fingerprint density at radius 2 is 0.548 bits per heavy atom. The average Bonchev–Trinajstić information content (AvgIpc) is 3.38. The molecule has 0 saturated carbocycles. The zero-order chi connectivity index (χ0) is 30.2. The van der Waals surface area contributed by atoms with Gasteiger partial charge in [0.2, 0.25) is 0 Å². The van der Waals surface area contributed by atoms with Gasteiger partial charge in [0, 0.05) is 25.5 Å². The molecule has 0 radical (unpaired) electrons.